The molecular formula is C26H18Cl2N2OS2. The number of para-hydroxylation sites is 2. The summed E-state index contributed by atoms with van der Waals surface area (Å²) in [6, 6.07) is 23.2. The Hall–Kier alpha value is -2.57. The summed E-state index contributed by atoms with van der Waals surface area (Å²) in [6.07, 6.45) is 1.96. The fourth-order valence-electron chi connectivity index (χ4n) is 4.06. The predicted molar refractivity (Wildman–Crippen MR) is 144 cm³/mol. The van der Waals surface area contributed by atoms with Crippen LogP contribution in [0, 0.1) is 6.92 Å². The Morgan fingerprint density at radius 2 is 1.73 bits per heavy atom. The molecule has 1 aliphatic heterocycles. The standard InChI is InChI=1S/C26H18Cl2N2OS2/c1-16-21(14-24-25(31)30(26(32)33-24)19-7-3-2-4-8-19)20-9-5-6-10-23(20)29(16)15-17-11-12-18(27)13-22(17)28/h2-14H,15H2,1H3/b24-14+. The Kier molecular flexibility index (Phi) is 6.06. The van der Waals surface area contributed by atoms with Gasteiger partial charge in [-0.15, -0.1) is 0 Å². The van der Waals surface area contributed by atoms with Crippen LogP contribution in [0.4, 0.5) is 5.69 Å². The molecule has 4 aromatic rings. The second kappa shape index (κ2) is 8.99. The summed E-state index contributed by atoms with van der Waals surface area (Å²) in [4.78, 5) is 15.5. The third-order valence-corrected chi connectivity index (χ3v) is 7.60. The number of carbonyl (C=O) groups is 1. The third kappa shape index (κ3) is 4.11. The number of nitrogens with zero attached hydrogens (tertiary/aromatic N) is 2. The van der Waals surface area contributed by atoms with Gasteiger partial charge < -0.3 is 4.57 Å². The molecule has 1 aliphatic rings. The van der Waals surface area contributed by atoms with E-state index < -0.39 is 0 Å². The lowest BCUT2D eigenvalue weighted by Crippen LogP contribution is -2.27. The second-order valence-electron chi connectivity index (χ2n) is 7.69. The highest BCUT2D eigenvalue weighted by atomic mass is 35.5. The van der Waals surface area contributed by atoms with Crippen LogP contribution in [0.25, 0.3) is 17.0 Å². The Labute approximate surface area is 211 Å². The minimum Gasteiger partial charge on any atom is -0.340 e. The molecule has 0 radical (unpaired) electrons. The van der Waals surface area contributed by atoms with Gasteiger partial charge in [-0.1, -0.05) is 89.6 Å². The van der Waals surface area contributed by atoms with E-state index in [2.05, 4.69) is 23.6 Å². The summed E-state index contributed by atoms with van der Waals surface area (Å²) < 4.78 is 2.75. The van der Waals surface area contributed by atoms with Crippen molar-refractivity contribution in [2.75, 3.05) is 4.90 Å². The van der Waals surface area contributed by atoms with Crippen molar-refractivity contribution in [1.29, 1.82) is 0 Å². The summed E-state index contributed by atoms with van der Waals surface area (Å²) in [7, 11) is 0. The van der Waals surface area contributed by atoms with Crippen molar-refractivity contribution in [3.05, 3.63) is 105 Å². The molecule has 164 valence electrons. The molecule has 0 bridgehead atoms. The van der Waals surface area contributed by atoms with Gasteiger partial charge in [0.2, 0.25) is 0 Å². The van der Waals surface area contributed by atoms with E-state index in [1.54, 1.807) is 11.0 Å². The van der Waals surface area contributed by atoms with Crippen molar-refractivity contribution in [1.82, 2.24) is 4.57 Å². The molecule has 1 fully saturated rings. The summed E-state index contributed by atoms with van der Waals surface area (Å²) in [6.45, 7) is 2.66. The molecule has 2 heterocycles. The number of carbonyl (C=O) groups excluding carboxylic acids is 1. The van der Waals surface area contributed by atoms with E-state index in [0.29, 0.717) is 25.8 Å². The van der Waals surface area contributed by atoms with Crippen LogP contribution in [0.3, 0.4) is 0 Å². The largest absolute Gasteiger partial charge is 0.340 e. The molecule has 33 heavy (non-hydrogen) atoms. The van der Waals surface area contributed by atoms with Crippen LogP contribution in [0.2, 0.25) is 10.0 Å². The number of fused-ring (bicyclic) bond motifs is 1. The zero-order chi connectivity index (χ0) is 23.1. The van der Waals surface area contributed by atoms with Crippen LogP contribution >= 0.6 is 47.2 Å². The number of amides is 1. The van der Waals surface area contributed by atoms with E-state index in [1.165, 1.54) is 11.8 Å². The highest BCUT2D eigenvalue weighted by Gasteiger charge is 2.33. The fourth-order valence-corrected chi connectivity index (χ4v) is 5.81. The van der Waals surface area contributed by atoms with Crippen molar-refractivity contribution < 1.29 is 4.79 Å². The minimum atomic E-state index is -0.104. The number of hydrogen-bond acceptors (Lipinski definition) is 3. The third-order valence-electron chi connectivity index (χ3n) is 5.71. The average Bonchev–Trinajstić information content (AvgIpc) is 3.24. The molecule has 3 aromatic carbocycles. The topological polar surface area (TPSA) is 25.2 Å². The van der Waals surface area contributed by atoms with E-state index >= 15 is 0 Å². The van der Waals surface area contributed by atoms with Crippen LogP contribution in [0.15, 0.2) is 77.7 Å². The molecule has 1 saturated heterocycles. The zero-order valence-electron chi connectivity index (χ0n) is 17.6. The van der Waals surface area contributed by atoms with Crippen molar-refractivity contribution in [2.45, 2.75) is 13.5 Å². The maximum Gasteiger partial charge on any atom is 0.270 e. The van der Waals surface area contributed by atoms with Crippen molar-refractivity contribution >= 4 is 80.1 Å². The molecule has 1 aromatic heterocycles. The maximum absolute atomic E-state index is 13.3. The van der Waals surface area contributed by atoms with Gasteiger partial charge in [0, 0.05) is 38.8 Å². The molecule has 0 aliphatic carbocycles. The lowest BCUT2D eigenvalue weighted by molar-refractivity contribution is -0.113. The van der Waals surface area contributed by atoms with Gasteiger partial charge in [-0.2, -0.15) is 0 Å². The molecule has 1 amide bonds. The quantitative estimate of drug-likeness (QED) is 0.208. The summed E-state index contributed by atoms with van der Waals surface area (Å²) in [5.41, 5.74) is 4.88. The van der Waals surface area contributed by atoms with Crippen LogP contribution < -0.4 is 4.90 Å². The molecule has 3 nitrogen and oxygen atoms in total. The zero-order valence-corrected chi connectivity index (χ0v) is 20.7. The number of benzene rings is 3. The van der Waals surface area contributed by atoms with Crippen LogP contribution in [-0.4, -0.2) is 14.8 Å². The number of rotatable bonds is 4. The first-order valence-corrected chi connectivity index (χ1v) is 12.3. The Morgan fingerprint density at radius 1 is 1.00 bits per heavy atom. The first kappa shape index (κ1) is 22.2. The maximum atomic E-state index is 13.3. The van der Waals surface area contributed by atoms with Gasteiger partial charge in [-0.25, -0.2) is 0 Å². The van der Waals surface area contributed by atoms with Crippen molar-refractivity contribution in [3.63, 3.8) is 0 Å². The van der Waals surface area contributed by atoms with E-state index in [1.807, 2.05) is 60.7 Å². The van der Waals surface area contributed by atoms with Crippen LogP contribution in [-0.2, 0) is 11.3 Å². The monoisotopic (exact) mass is 508 g/mol. The predicted octanol–water partition coefficient (Wildman–Crippen LogP) is 7.71. The van der Waals surface area contributed by atoms with Gasteiger partial charge in [-0.05, 0) is 48.9 Å². The average molecular weight is 509 g/mol. The first-order chi connectivity index (χ1) is 15.9. The lowest BCUT2D eigenvalue weighted by atomic mass is 10.1. The molecule has 0 spiro atoms. The molecule has 0 atom stereocenters. The van der Waals surface area contributed by atoms with Gasteiger partial charge >= 0.3 is 0 Å². The fraction of sp³-hybridized carbons (Fsp3) is 0.0769. The van der Waals surface area contributed by atoms with Gasteiger partial charge in [0.25, 0.3) is 5.91 Å². The minimum absolute atomic E-state index is 0.104. The second-order valence-corrected chi connectivity index (χ2v) is 10.2. The number of aromatic nitrogens is 1. The summed E-state index contributed by atoms with van der Waals surface area (Å²) in [5, 5.41) is 2.31. The Bertz CT molecular complexity index is 1440. The van der Waals surface area contributed by atoms with Crippen molar-refractivity contribution in [2.24, 2.45) is 0 Å². The van der Waals surface area contributed by atoms with Crippen LogP contribution in [0.5, 0.6) is 0 Å². The SMILES string of the molecule is Cc1c(/C=C2/SC(=S)N(c3ccccc3)C2=O)c2ccccc2n1Cc1ccc(Cl)cc1Cl. The highest BCUT2D eigenvalue weighted by Crippen LogP contribution is 2.38. The van der Waals surface area contributed by atoms with E-state index in [0.717, 1.165) is 33.4 Å². The summed E-state index contributed by atoms with van der Waals surface area (Å²) >= 11 is 19.4. The number of thioether (sulfide) groups is 1. The Balaban J connectivity index is 1.58. The molecule has 0 unspecified atom stereocenters. The summed E-state index contributed by atoms with van der Waals surface area (Å²) in [5.74, 6) is -0.104. The number of thiocarbonyl (C=S) groups is 1. The lowest BCUT2D eigenvalue weighted by Gasteiger charge is -2.13. The molecule has 7 heteroatoms. The van der Waals surface area contributed by atoms with Gasteiger partial charge in [0.1, 0.15) is 0 Å². The first-order valence-electron chi connectivity index (χ1n) is 10.3. The number of halogens is 2. The van der Waals surface area contributed by atoms with Gasteiger partial charge in [0.05, 0.1) is 10.6 Å². The van der Waals surface area contributed by atoms with E-state index in [9.17, 15) is 4.79 Å². The smallest absolute Gasteiger partial charge is 0.270 e. The van der Waals surface area contributed by atoms with Crippen LogP contribution in [0.1, 0.15) is 16.8 Å². The number of anilines is 1. The van der Waals surface area contributed by atoms with E-state index in [4.69, 9.17) is 35.4 Å². The molecule has 0 N–H and O–H groups in total. The molecule has 0 saturated carbocycles. The number of hydrogen-bond donors (Lipinski definition) is 0. The normalized spacial score (nSPS) is 15.2. The van der Waals surface area contributed by atoms with E-state index in [-0.39, 0.29) is 5.91 Å². The Morgan fingerprint density at radius 3 is 2.48 bits per heavy atom. The van der Waals surface area contributed by atoms with Crippen molar-refractivity contribution in [3.8, 4) is 0 Å². The molecule has 5 rings (SSSR count). The highest BCUT2D eigenvalue weighted by molar-refractivity contribution is 8.27. The van der Waals surface area contributed by atoms with Gasteiger partial charge in [-0.3, -0.25) is 9.69 Å². The van der Waals surface area contributed by atoms with Gasteiger partial charge in [0.15, 0.2) is 4.32 Å². The molecular weight excluding hydrogens is 491 g/mol.